The molecule has 0 bridgehead atoms. The van der Waals surface area contributed by atoms with Crippen molar-refractivity contribution in [2.45, 2.75) is 30.1 Å². The van der Waals surface area contributed by atoms with Crippen molar-refractivity contribution in [1.29, 1.82) is 0 Å². The van der Waals surface area contributed by atoms with E-state index in [-0.39, 0.29) is 0 Å². The summed E-state index contributed by atoms with van der Waals surface area (Å²) < 4.78 is 0. The average molecular weight is 212 g/mol. The van der Waals surface area contributed by atoms with Crippen LogP contribution in [0.3, 0.4) is 0 Å². The maximum Gasteiger partial charge on any atom is 0.00727 e. The van der Waals surface area contributed by atoms with E-state index in [1.807, 2.05) is 23.9 Å². The van der Waals surface area contributed by atoms with Gasteiger partial charge in [-0.25, -0.2) is 0 Å². The Bertz CT molecular complexity index is 239. The summed E-state index contributed by atoms with van der Waals surface area (Å²) in [5.74, 6) is 2.01. The Hall–Kier alpha value is -0.0800. The van der Waals surface area contributed by atoms with Gasteiger partial charge in [0.2, 0.25) is 0 Å². The lowest BCUT2D eigenvalue weighted by Gasteiger charge is -2.04. The standard InChI is InChI=1S/C11H16S2/c1-9(2)7-8-13-11-5-3-10(12)4-6-11/h3-6,9,12H,7-8H2,1-2H3. The molecule has 0 heterocycles. The zero-order valence-electron chi connectivity index (χ0n) is 8.16. The predicted molar refractivity (Wildman–Crippen MR) is 63.9 cm³/mol. The van der Waals surface area contributed by atoms with E-state index >= 15 is 0 Å². The molecule has 1 rings (SSSR count). The quantitative estimate of drug-likeness (QED) is 0.579. The molecule has 13 heavy (non-hydrogen) atoms. The topological polar surface area (TPSA) is 0 Å². The third-order valence-corrected chi connectivity index (χ3v) is 3.14. The van der Waals surface area contributed by atoms with Crippen LogP contribution in [0.15, 0.2) is 34.1 Å². The Morgan fingerprint density at radius 2 is 1.85 bits per heavy atom. The molecule has 0 atom stereocenters. The summed E-state index contributed by atoms with van der Waals surface area (Å²) in [4.78, 5) is 2.38. The molecule has 0 fully saturated rings. The van der Waals surface area contributed by atoms with Gasteiger partial charge in [0.05, 0.1) is 0 Å². The number of thiol groups is 1. The van der Waals surface area contributed by atoms with Crippen LogP contribution in [0.25, 0.3) is 0 Å². The van der Waals surface area contributed by atoms with Crippen LogP contribution in [0.5, 0.6) is 0 Å². The van der Waals surface area contributed by atoms with E-state index in [1.165, 1.54) is 17.1 Å². The molecule has 0 aliphatic heterocycles. The number of hydrogen-bond acceptors (Lipinski definition) is 2. The lowest BCUT2D eigenvalue weighted by molar-refractivity contribution is 0.632. The van der Waals surface area contributed by atoms with Crippen LogP contribution in [-0.4, -0.2) is 5.75 Å². The highest BCUT2D eigenvalue weighted by Gasteiger charge is 1.96. The molecule has 2 heteroatoms. The van der Waals surface area contributed by atoms with Crippen molar-refractivity contribution in [2.24, 2.45) is 5.92 Å². The van der Waals surface area contributed by atoms with Crippen molar-refractivity contribution in [1.82, 2.24) is 0 Å². The molecule has 0 N–H and O–H groups in total. The van der Waals surface area contributed by atoms with Crippen LogP contribution >= 0.6 is 24.4 Å². The monoisotopic (exact) mass is 212 g/mol. The summed E-state index contributed by atoms with van der Waals surface area (Å²) >= 11 is 6.17. The second kappa shape index (κ2) is 5.61. The van der Waals surface area contributed by atoms with Crippen molar-refractivity contribution in [2.75, 3.05) is 5.75 Å². The number of hydrogen-bond donors (Lipinski definition) is 1. The minimum atomic E-state index is 0.802. The fourth-order valence-corrected chi connectivity index (χ4v) is 2.26. The maximum absolute atomic E-state index is 4.25. The first-order valence-corrected chi connectivity index (χ1v) is 6.03. The normalized spacial score (nSPS) is 10.8. The second-order valence-corrected chi connectivity index (χ2v) is 5.21. The highest BCUT2D eigenvalue weighted by Crippen LogP contribution is 2.21. The Morgan fingerprint density at radius 3 is 2.38 bits per heavy atom. The minimum absolute atomic E-state index is 0.802. The summed E-state index contributed by atoms with van der Waals surface area (Å²) in [6.45, 7) is 4.52. The molecule has 0 radical (unpaired) electrons. The Labute approximate surface area is 90.5 Å². The molecular weight excluding hydrogens is 196 g/mol. The van der Waals surface area contributed by atoms with Crippen molar-refractivity contribution in [3.63, 3.8) is 0 Å². The van der Waals surface area contributed by atoms with Gasteiger partial charge < -0.3 is 0 Å². The van der Waals surface area contributed by atoms with Gasteiger partial charge in [-0.2, -0.15) is 0 Å². The lowest BCUT2D eigenvalue weighted by Crippen LogP contribution is -1.88. The first-order chi connectivity index (χ1) is 6.18. The van der Waals surface area contributed by atoms with Crippen molar-refractivity contribution in [3.8, 4) is 0 Å². The van der Waals surface area contributed by atoms with Gasteiger partial charge in [-0.1, -0.05) is 13.8 Å². The van der Waals surface area contributed by atoms with E-state index in [0.717, 1.165) is 10.8 Å². The van der Waals surface area contributed by atoms with Gasteiger partial charge in [0, 0.05) is 9.79 Å². The molecule has 0 nitrogen and oxygen atoms in total. The largest absolute Gasteiger partial charge is 0.143 e. The summed E-state index contributed by atoms with van der Waals surface area (Å²) in [5, 5.41) is 0. The predicted octanol–water partition coefficient (Wildman–Crippen LogP) is 4.11. The minimum Gasteiger partial charge on any atom is -0.143 e. The van der Waals surface area contributed by atoms with Crippen molar-refractivity contribution in [3.05, 3.63) is 24.3 Å². The van der Waals surface area contributed by atoms with E-state index in [2.05, 4.69) is 38.6 Å². The summed E-state index contributed by atoms with van der Waals surface area (Å²) in [5.41, 5.74) is 0. The molecule has 0 aliphatic carbocycles. The molecule has 0 amide bonds. The van der Waals surface area contributed by atoms with Gasteiger partial charge in [0.25, 0.3) is 0 Å². The Kier molecular flexibility index (Phi) is 4.74. The van der Waals surface area contributed by atoms with Gasteiger partial charge in [0.1, 0.15) is 0 Å². The fraction of sp³-hybridized carbons (Fsp3) is 0.455. The molecular formula is C11H16S2. The fourth-order valence-electron chi connectivity index (χ4n) is 0.955. The van der Waals surface area contributed by atoms with E-state index in [0.29, 0.717) is 0 Å². The van der Waals surface area contributed by atoms with E-state index in [9.17, 15) is 0 Å². The highest BCUT2D eigenvalue weighted by molar-refractivity contribution is 7.99. The SMILES string of the molecule is CC(C)CCSc1ccc(S)cc1. The van der Waals surface area contributed by atoms with E-state index < -0.39 is 0 Å². The van der Waals surface area contributed by atoms with Gasteiger partial charge in [-0.15, -0.1) is 24.4 Å². The zero-order chi connectivity index (χ0) is 9.68. The van der Waals surface area contributed by atoms with Crippen molar-refractivity contribution >= 4 is 24.4 Å². The number of benzene rings is 1. The second-order valence-electron chi connectivity index (χ2n) is 3.52. The maximum atomic E-state index is 4.25. The molecule has 0 aromatic heterocycles. The summed E-state index contributed by atoms with van der Waals surface area (Å²) in [7, 11) is 0. The van der Waals surface area contributed by atoms with Gasteiger partial charge in [0.15, 0.2) is 0 Å². The number of thioether (sulfide) groups is 1. The third kappa shape index (κ3) is 4.63. The molecule has 1 aromatic rings. The van der Waals surface area contributed by atoms with Gasteiger partial charge >= 0.3 is 0 Å². The van der Waals surface area contributed by atoms with Crippen molar-refractivity contribution < 1.29 is 0 Å². The smallest absolute Gasteiger partial charge is 0.00727 e. The third-order valence-electron chi connectivity index (χ3n) is 1.80. The Morgan fingerprint density at radius 1 is 1.23 bits per heavy atom. The van der Waals surface area contributed by atoms with E-state index in [1.54, 1.807) is 0 Å². The van der Waals surface area contributed by atoms with Crippen LogP contribution in [0.2, 0.25) is 0 Å². The van der Waals surface area contributed by atoms with E-state index in [4.69, 9.17) is 0 Å². The molecule has 0 spiro atoms. The first kappa shape index (κ1) is 11.0. The highest BCUT2D eigenvalue weighted by atomic mass is 32.2. The van der Waals surface area contributed by atoms with Gasteiger partial charge in [-0.3, -0.25) is 0 Å². The molecule has 72 valence electrons. The van der Waals surface area contributed by atoms with Crippen LogP contribution in [0.1, 0.15) is 20.3 Å². The Balaban J connectivity index is 2.33. The summed E-state index contributed by atoms with van der Waals surface area (Å²) in [6.07, 6.45) is 1.29. The van der Waals surface area contributed by atoms with Crippen LogP contribution in [-0.2, 0) is 0 Å². The zero-order valence-corrected chi connectivity index (χ0v) is 9.87. The average Bonchev–Trinajstić information content (AvgIpc) is 2.08. The van der Waals surface area contributed by atoms with Crippen LogP contribution in [0, 0.1) is 5.92 Å². The molecule has 0 aliphatic rings. The van der Waals surface area contributed by atoms with Gasteiger partial charge in [-0.05, 0) is 42.4 Å². The lowest BCUT2D eigenvalue weighted by atomic mass is 10.2. The molecule has 0 saturated heterocycles. The van der Waals surface area contributed by atoms with Crippen LogP contribution in [0.4, 0.5) is 0 Å². The number of rotatable bonds is 4. The summed E-state index contributed by atoms with van der Waals surface area (Å²) in [6, 6.07) is 8.35. The van der Waals surface area contributed by atoms with Crippen LogP contribution < -0.4 is 0 Å². The molecule has 0 saturated carbocycles. The molecule has 0 unspecified atom stereocenters. The first-order valence-electron chi connectivity index (χ1n) is 4.60. The molecule has 1 aromatic carbocycles.